The molecule has 8 heteroatoms. The number of methoxy groups -OCH3 is 1. The minimum atomic E-state index is -0.389. The van der Waals surface area contributed by atoms with Gasteiger partial charge >= 0.3 is 5.97 Å². The van der Waals surface area contributed by atoms with Crippen LogP contribution in [-0.2, 0) is 10.2 Å². The molecule has 0 unspecified atom stereocenters. The number of oxazole rings is 1. The van der Waals surface area contributed by atoms with E-state index in [0.717, 1.165) is 16.9 Å². The molecule has 1 aliphatic heterocycles. The van der Waals surface area contributed by atoms with Crippen molar-refractivity contribution >= 4 is 17.5 Å². The standard InChI is InChI=1S/C24H22N4O4/c1-31-23(30)17-7-8-21-26-20(14-28(21)13-17)24(18-5-3-2-4-6-18)9-11-27(12-10-24)22(29)19-15-32-16-25-19/h2-8,13-16H,9-12H2,1H3. The number of ether oxygens (including phenoxy) is 1. The Kier molecular flexibility index (Phi) is 4.97. The normalized spacial score (nSPS) is 15.6. The van der Waals surface area contributed by atoms with Crippen molar-refractivity contribution in [1.82, 2.24) is 19.3 Å². The van der Waals surface area contributed by atoms with Gasteiger partial charge in [-0.05, 0) is 30.5 Å². The summed E-state index contributed by atoms with van der Waals surface area (Å²) in [4.78, 5) is 35.4. The van der Waals surface area contributed by atoms with Crippen LogP contribution in [0.15, 0.2) is 71.9 Å². The number of nitrogens with zero attached hydrogens (tertiary/aromatic N) is 4. The maximum atomic E-state index is 12.8. The number of benzene rings is 1. The van der Waals surface area contributed by atoms with Crippen LogP contribution in [0, 0.1) is 0 Å². The van der Waals surface area contributed by atoms with E-state index in [1.807, 2.05) is 39.8 Å². The molecule has 4 aromatic rings. The number of pyridine rings is 1. The molecule has 0 atom stereocenters. The van der Waals surface area contributed by atoms with Gasteiger partial charge in [0.1, 0.15) is 11.9 Å². The molecule has 0 N–H and O–H groups in total. The zero-order valence-electron chi connectivity index (χ0n) is 17.6. The van der Waals surface area contributed by atoms with Gasteiger partial charge in [0.2, 0.25) is 0 Å². The number of rotatable bonds is 4. The van der Waals surface area contributed by atoms with Crippen molar-refractivity contribution < 1.29 is 18.7 Å². The van der Waals surface area contributed by atoms with E-state index in [4.69, 9.17) is 14.1 Å². The third-order valence-electron chi connectivity index (χ3n) is 6.24. The largest absolute Gasteiger partial charge is 0.465 e. The molecule has 4 heterocycles. The lowest BCUT2D eigenvalue weighted by atomic mass is 9.70. The van der Waals surface area contributed by atoms with E-state index in [9.17, 15) is 9.59 Å². The van der Waals surface area contributed by atoms with E-state index in [1.165, 1.54) is 19.8 Å². The van der Waals surface area contributed by atoms with Crippen LogP contribution in [0.25, 0.3) is 5.65 Å². The molecule has 0 spiro atoms. The zero-order chi connectivity index (χ0) is 22.1. The summed E-state index contributed by atoms with van der Waals surface area (Å²) in [6.45, 7) is 1.14. The first kappa shape index (κ1) is 20.0. The number of hydrogen-bond acceptors (Lipinski definition) is 6. The first-order chi connectivity index (χ1) is 15.6. The van der Waals surface area contributed by atoms with Crippen molar-refractivity contribution in [1.29, 1.82) is 0 Å². The second-order valence-electron chi connectivity index (χ2n) is 7.91. The fourth-order valence-corrected chi connectivity index (χ4v) is 4.48. The molecule has 1 aromatic carbocycles. The molecular formula is C24H22N4O4. The van der Waals surface area contributed by atoms with Gasteiger partial charge in [0.25, 0.3) is 5.91 Å². The molecule has 32 heavy (non-hydrogen) atoms. The maximum Gasteiger partial charge on any atom is 0.339 e. The number of aromatic nitrogens is 3. The molecule has 1 fully saturated rings. The van der Waals surface area contributed by atoms with Crippen LogP contribution in [-0.4, -0.2) is 51.3 Å². The van der Waals surface area contributed by atoms with Gasteiger partial charge in [-0.3, -0.25) is 4.79 Å². The highest BCUT2D eigenvalue weighted by Crippen LogP contribution is 2.41. The smallest absolute Gasteiger partial charge is 0.339 e. The van der Waals surface area contributed by atoms with Gasteiger partial charge in [-0.1, -0.05) is 30.3 Å². The maximum absolute atomic E-state index is 12.8. The van der Waals surface area contributed by atoms with Gasteiger partial charge < -0.3 is 18.5 Å². The van der Waals surface area contributed by atoms with Crippen LogP contribution in [0.4, 0.5) is 0 Å². The van der Waals surface area contributed by atoms with Crippen molar-refractivity contribution in [3.8, 4) is 0 Å². The van der Waals surface area contributed by atoms with Crippen LogP contribution >= 0.6 is 0 Å². The molecule has 0 aliphatic carbocycles. The first-order valence-corrected chi connectivity index (χ1v) is 10.4. The Morgan fingerprint density at radius 3 is 2.53 bits per heavy atom. The molecule has 1 saturated heterocycles. The summed E-state index contributed by atoms with van der Waals surface area (Å²) >= 11 is 0. The number of likely N-dealkylation sites (tertiary alicyclic amines) is 1. The van der Waals surface area contributed by atoms with Gasteiger partial charge in [-0.25, -0.2) is 14.8 Å². The molecule has 162 valence electrons. The van der Waals surface area contributed by atoms with Gasteiger partial charge in [-0.15, -0.1) is 0 Å². The molecule has 3 aromatic heterocycles. The molecule has 0 saturated carbocycles. The molecular weight excluding hydrogens is 408 g/mol. The number of fused-ring (bicyclic) bond motifs is 1. The monoisotopic (exact) mass is 430 g/mol. The Morgan fingerprint density at radius 2 is 1.84 bits per heavy atom. The van der Waals surface area contributed by atoms with E-state index in [0.29, 0.717) is 37.2 Å². The summed E-state index contributed by atoms with van der Waals surface area (Å²) in [5.41, 5.74) is 3.26. The third-order valence-corrected chi connectivity index (χ3v) is 6.24. The number of piperidine rings is 1. The van der Waals surface area contributed by atoms with Gasteiger partial charge in [0.15, 0.2) is 12.1 Å². The number of carbonyl (C=O) groups is 2. The lowest BCUT2D eigenvalue weighted by Gasteiger charge is -2.41. The van der Waals surface area contributed by atoms with Gasteiger partial charge in [0.05, 0.1) is 18.4 Å². The number of esters is 1. The molecule has 5 rings (SSSR count). The second-order valence-corrected chi connectivity index (χ2v) is 7.91. The Balaban J connectivity index is 1.51. The van der Waals surface area contributed by atoms with Crippen LogP contribution in [0.3, 0.4) is 0 Å². The van der Waals surface area contributed by atoms with Crippen LogP contribution in [0.5, 0.6) is 0 Å². The van der Waals surface area contributed by atoms with Crippen LogP contribution in [0.1, 0.15) is 44.9 Å². The fraction of sp³-hybridized carbons (Fsp3) is 0.250. The van der Waals surface area contributed by atoms with Crippen molar-refractivity contribution in [3.63, 3.8) is 0 Å². The van der Waals surface area contributed by atoms with E-state index >= 15 is 0 Å². The first-order valence-electron chi connectivity index (χ1n) is 10.4. The second kappa shape index (κ2) is 7.96. The van der Waals surface area contributed by atoms with Gasteiger partial charge in [0, 0.05) is 30.9 Å². The number of amides is 1. The highest BCUT2D eigenvalue weighted by Gasteiger charge is 2.41. The minimum Gasteiger partial charge on any atom is -0.465 e. The summed E-state index contributed by atoms with van der Waals surface area (Å²) in [7, 11) is 1.37. The van der Waals surface area contributed by atoms with Gasteiger partial charge in [-0.2, -0.15) is 0 Å². The number of hydrogen-bond donors (Lipinski definition) is 0. The highest BCUT2D eigenvalue weighted by atomic mass is 16.5. The third kappa shape index (κ3) is 3.33. The lowest BCUT2D eigenvalue weighted by molar-refractivity contribution is 0.0599. The van der Waals surface area contributed by atoms with E-state index < -0.39 is 0 Å². The average molecular weight is 430 g/mol. The highest BCUT2D eigenvalue weighted by molar-refractivity contribution is 5.92. The van der Waals surface area contributed by atoms with Crippen molar-refractivity contribution in [2.75, 3.05) is 20.2 Å². The fourth-order valence-electron chi connectivity index (χ4n) is 4.48. The minimum absolute atomic E-state index is 0.127. The van der Waals surface area contributed by atoms with E-state index in [2.05, 4.69) is 17.1 Å². The average Bonchev–Trinajstić information content (AvgIpc) is 3.53. The predicted octanol–water partition coefficient (Wildman–Crippen LogP) is 3.33. The Labute approximate surface area is 184 Å². The zero-order valence-corrected chi connectivity index (χ0v) is 17.6. The van der Waals surface area contributed by atoms with Crippen molar-refractivity contribution in [3.05, 3.63) is 90.0 Å². The lowest BCUT2D eigenvalue weighted by Crippen LogP contribution is -2.46. The molecule has 8 nitrogen and oxygen atoms in total. The van der Waals surface area contributed by atoms with E-state index in [1.54, 1.807) is 12.3 Å². The van der Waals surface area contributed by atoms with Crippen molar-refractivity contribution in [2.24, 2.45) is 0 Å². The molecule has 1 aliphatic rings. The quantitative estimate of drug-likeness (QED) is 0.462. The number of carbonyl (C=O) groups excluding carboxylic acids is 2. The number of imidazole rings is 1. The topological polar surface area (TPSA) is 89.9 Å². The molecule has 0 radical (unpaired) electrons. The van der Waals surface area contributed by atoms with E-state index in [-0.39, 0.29) is 17.3 Å². The summed E-state index contributed by atoms with van der Waals surface area (Å²) in [5.74, 6) is -0.516. The molecule has 1 amide bonds. The van der Waals surface area contributed by atoms with Crippen LogP contribution < -0.4 is 0 Å². The Hall–Kier alpha value is -3.94. The van der Waals surface area contributed by atoms with Crippen LogP contribution in [0.2, 0.25) is 0 Å². The molecule has 0 bridgehead atoms. The summed E-state index contributed by atoms with van der Waals surface area (Å²) in [6, 6.07) is 13.8. The van der Waals surface area contributed by atoms with Crippen molar-refractivity contribution in [2.45, 2.75) is 18.3 Å². The SMILES string of the molecule is COC(=O)c1ccc2nc(C3(c4ccccc4)CCN(C(=O)c4cocn4)CC3)cn2c1. The summed E-state index contributed by atoms with van der Waals surface area (Å²) in [5, 5.41) is 0. The predicted molar refractivity (Wildman–Crippen MR) is 115 cm³/mol. The summed E-state index contributed by atoms with van der Waals surface area (Å²) in [6.07, 6.45) is 7.79. The Bertz CT molecular complexity index is 1260. The summed E-state index contributed by atoms with van der Waals surface area (Å²) < 4.78 is 11.7. The Morgan fingerprint density at radius 1 is 1.06 bits per heavy atom.